The first-order valence-electron chi connectivity index (χ1n) is 8.79. The van der Waals surface area contributed by atoms with E-state index in [0.29, 0.717) is 23.7 Å². The van der Waals surface area contributed by atoms with E-state index >= 15 is 0 Å². The molecule has 2 heteroatoms. The third kappa shape index (κ3) is 2.61. The number of hydrogen-bond acceptors (Lipinski definition) is 2. The summed E-state index contributed by atoms with van der Waals surface area (Å²) in [5.41, 5.74) is 3.16. The molecule has 0 heterocycles. The molecule has 4 aliphatic rings. The molecular formula is C20H26N2. The van der Waals surface area contributed by atoms with Gasteiger partial charge in [-0.05, 0) is 76.0 Å². The molecule has 0 amide bonds. The van der Waals surface area contributed by atoms with Crippen LogP contribution in [0.2, 0.25) is 0 Å². The van der Waals surface area contributed by atoms with E-state index in [-0.39, 0.29) is 0 Å². The topological polar surface area (TPSA) is 47.6 Å². The van der Waals surface area contributed by atoms with E-state index in [1.165, 1.54) is 32.1 Å². The molecule has 116 valence electrons. The molecule has 6 atom stereocenters. The molecule has 22 heavy (non-hydrogen) atoms. The number of nitrogens with zero attached hydrogens (tertiary/aromatic N) is 2. The van der Waals surface area contributed by atoms with Gasteiger partial charge >= 0.3 is 0 Å². The Morgan fingerprint density at radius 3 is 2.09 bits per heavy atom. The number of allylic oxidation sites excluding steroid dienone is 4. The maximum Gasteiger partial charge on any atom is 0.0662 e. The van der Waals surface area contributed by atoms with Gasteiger partial charge in [0.25, 0.3) is 0 Å². The zero-order valence-corrected chi connectivity index (χ0v) is 13.8. The third-order valence-corrected chi connectivity index (χ3v) is 6.45. The van der Waals surface area contributed by atoms with Crippen LogP contribution in [-0.2, 0) is 0 Å². The van der Waals surface area contributed by atoms with Crippen molar-refractivity contribution in [1.82, 2.24) is 0 Å². The lowest BCUT2D eigenvalue weighted by Gasteiger charge is -2.17. The minimum absolute atomic E-state index is 0.347. The first-order chi connectivity index (χ1) is 10.7. The fourth-order valence-electron chi connectivity index (χ4n) is 5.31. The van der Waals surface area contributed by atoms with Crippen molar-refractivity contribution in [3.05, 3.63) is 23.3 Å². The monoisotopic (exact) mass is 294 g/mol. The largest absolute Gasteiger partial charge is 0.198 e. The summed E-state index contributed by atoms with van der Waals surface area (Å²) < 4.78 is 0. The molecule has 0 aromatic carbocycles. The van der Waals surface area contributed by atoms with E-state index in [1.807, 2.05) is 0 Å². The number of hydrogen-bond donors (Lipinski definition) is 0. The molecule has 0 aliphatic heterocycles. The lowest BCUT2D eigenvalue weighted by molar-refractivity contribution is 0.457. The van der Waals surface area contributed by atoms with Crippen molar-refractivity contribution in [1.29, 1.82) is 10.5 Å². The molecule has 0 N–H and O–H groups in total. The summed E-state index contributed by atoms with van der Waals surface area (Å²) in [5.74, 6) is 3.68. The van der Waals surface area contributed by atoms with E-state index < -0.39 is 0 Å². The molecule has 0 spiro atoms. The van der Waals surface area contributed by atoms with Gasteiger partial charge in [-0.25, -0.2) is 0 Å². The first kappa shape index (κ1) is 15.4. The Morgan fingerprint density at radius 2 is 1.59 bits per heavy atom. The van der Waals surface area contributed by atoms with Crippen LogP contribution < -0.4 is 0 Å². The molecular weight excluding hydrogens is 268 g/mol. The van der Waals surface area contributed by atoms with Gasteiger partial charge in [-0.2, -0.15) is 10.5 Å². The highest BCUT2D eigenvalue weighted by Gasteiger charge is 2.43. The molecule has 4 saturated carbocycles. The van der Waals surface area contributed by atoms with Crippen molar-refractivity contribution in [2.75, 3.05) is 0 Å². The minimum Gasteiger partial charge on any atom is -0.198 e. The van der Waals surface area contributed by atoms with Crippen LogP contribution in [0.5, 0.6) is 0 Å². The van der Waals surface area contributed by atoms with Crippen molar-refractivity contribution in [2.45, 2.75) is 52.4 Å². The molecule has 4 fully saturated rings. The smallest absolute Gasteiger partial charge is 0.0662 e. The van der Waals surface area contributed by atoms with Crippen LogP contribution in [0.4, 0.5) is 0 Å². The van der Waals surface area contributed by atoms with Crippen LogP contribution in [0.15, 0.2) is 23.3 Å². The van der Waals surface area contributed by atoms with Gasteiger partial charge in [0, 0.05) is 0 Å². The molecule has 0 saturated heterocycles. The summed E-state index contributed by atoms with van der Waals surface area (Å²) >= 11 is 0. The standard InChI is InChI=1S/2C10H13N/c1-2-8-3-7-4-9(6-11)10(8)5-7;1-2-7-3-9-4-8(7)5-10(9)6-11/h2,7,9-10H,3-5H2,1H3;2,8-10H,3-5H2,1H3. The fourth-order valence-corrected chi connectivity index (χ4v) is 5.31. The Morgan fingerprint density at radius 1 is 0.864 bits per heavy atom. The second-order valence-electron chi connectivity index (χ2n) is 7.48. The minimum atomic E-state index is 0.347. The zero-order valence-electron chi connectivity index (χ0n) is 13.8. The van der Waals surface area contributed by atoms with Crippen molar-refractivity contribution in [3.63, 3.8) is 0 Å². The Kier molecular flexibility index (Phi) is 4.39. The summed E-state index contributed by atoms with van der Waals surface area (Å²) in [6.45, 7) is 4.22. The zero-order chi connectivity index (χ0) is 15.7. The van der Waals surface area contributed by atoms with Crippen LogP contribution in [-0.4, -0.2) is 0 Å². The van der Waals surface area contributed by atoms with E-state index in [2.05, 4.69) is 38.1 Å². The fraction of sp³-hybridized carbons (Fsp3) is 0.700. The predicted molar refractivity (Wildman–Crippen MR) is 87.4 cm³/mol. The molecule has 0 aromatic rings. The summed E-state index contributed by atoms with van der Waals surface area (Å²) in [5, 5.41) is 17.6. The van der Waals surface area contributed by atoms with Crippen molar-refractivity contribution >= 4 is 0 Å². The van der Waals surface area contributed by atoms with Crippen molar-refractivity contribution in [2.24, 2.45) is 35.5 Å². The van der Waals surface area contributed by atoms with E-state index in [1.54, 1.807) is 11.1 Å². The lowest BCUT2D eigenvalue weighted by Crippen LogP contribution is -2.10. The summed E-state index contributed by atoms with van der Waals surface area (Å²) in [6, 6.07) is 4.83. The van der Waals surface area contributed by atoms with Gasteiger partial charge in [-0.3, -0.25) is 0 Å². The van der Waals surface area contributed by atoms with Crippen LogP contribution in [0.1, 0.15) is 52.4 Å². The Bertz CT molecular complexity index is 571. The van der Waals surface area contributed by atoms with Crippen LogP contribution in [0, 0.1) is 58.2 Å². The summed E-state index contributed by atoms with van der Waals surface area (Å²) in [4.78, 5) is 0. The number of rotatable bonds is 0. The quantitative estimate of drug-likeness (QED) is 0.590. The Hall–Kier alpha value is -1.54. The number of fused-ring (bicyclic) bond motifs is 4. The lowest BCUT2D eigenvalue weighted by atomic mass is 9.86. The second kappa shape index (κ2) is 6.29. The highest BCUT2D eigenvalue weighted by molar-refractivity contribution is 5.21. The van der Waals surface area contributed by atoms with E-state index in [0.717, 1.165) is 18.3 Å². The van der Waals surface area contributed by atoms with Gasteiger partial charge < -0.3 is 0 Å². The van der Waals surface area contributed by atoms with E-state index in [4.69, 9.17) is 10.5 Å². The molecule has 4 aliphatic carbocycles. The van der Waals surface area contributed by atoms with Gasteiger partial charge in [0.2, 0.25) is 0 Å². The highest BCUT2D eigenvalue weighted by atomic mass is 14.5. The third-order valence-electron chi connectivity index (χ3n) is 6.45. The highest BCUT2D eigenvalue weighted by Crippen LogP contribution is 2.51. The number of nitriles is 2. The Labute approximate surface area is 134 Å². The molecule has 0 radical (unpaired) electrons. The van der Waals surface area contributed by atoms with Crippen molar-refractivity contribution < 1.29 is 0 Å². The average Bonchev–Trinajstić information content (AvgIpc) is 3.32. The van der Waals surface area contributed by atoms with Gasteiger partial charge in [0.15, 0.2) is 0 Å². The molecule has 4 rings (SSSR count). The predicted octanol–water partition coefficient (Wildman–Crippen LogP) is 5.00. The normalized spacial score (nSPS) is 44.7. The second-order valence-corrected chi connectivity index (χ2v) is 7.48. The van der Waals surface area contributed by atoms with Crippen LogP contribution in [0.3, 0.4) is 0 Å². The maximum atomic E-state index is 8.82. The van der Waals surface area contributed by atoms with Gasteiger partial charge in [0.05, 0.1) is 24.0 Å². The summed E-state index contributed by atoms with van der Waals surface area (Å²) in [7, 11) is 0. The van der Waals surface area contributed by atoms with Gasteiger partial charge in [-0.15, -0.1) is 0 Å². The molecule has 4 bridgehead atoms. The van der Waals surface area contributed by atoms with Crippen LogP contribution >= 0.6 is 0 Å². The SMILES string of the molecule is CC=C1CC2CC(C#N)C1C2.CC=C1CC2CC1CC2C#N. The summed E-state index contributed by atoms with van der Waals surface area (Å²) in [6.07, 6.45) is 11.8. The molecule has 0 aromatic heterocycles. The Balaban J connectivity index is 0.000000131. The van der Waals surface area contributed by atoms with Crippen molar-refractivity contribution in [3.8, 4) is 12.1 Å². The van der Waals surface area contributed by atoms with E-state index in [9.17, 15) is 0 Å². The average molecular weight is 294 g/mol. The molecule has 2 nitrogen and oxygen atoms in total. The first-order valence-corrected chi connectivity index (χ1v) is 8.79. The molecule has 6 unspecified atom stereocenters. The van der Waals surface area contributed by atoms with Gasteiger partial charge in [0.1, 0.15) is 0 Å². The van der Waals surface area contributed by atoms with Gasteiger partial charge in [-0.1, -0.05) is 23.3 Å². The maximum absolute atomic E-state index is 8.82. The van der Waals surface area contributed by atoms with Crippen LogP contribution in [0.25, 0.3) is 0 Å².